The van der Waals surface area contributed by atoms with E-state index in [1.165, 1.54) is 0 Å². The van der Waals surface area contributed by atoms with Crippen molar-refractivity contribution < 1.29 is 9.32 Å². The predicted molar refractivity (Wildman–Crippen MR) is 95.7 cm³/mol. The Morgan fingerprint density at radius 3 is 2.80 bits per heavy atom. The Morgan fingerprint density at radius 1 is 1.32 bits per heavy atom. The van der Waals surface area contributed by atoms with Gasteiger partial charge in [0.2, 0.25) is 0 Å². The second kappa shape index (κ2) is 7.29. The van der Waals surface area contributed by atoms with E-state index in [9.17, 15) is 4.79 Å². The summed E-state index contributed by atoms with van der Waals surface area (Å²) in [6.45, 7) is 4.63. The molecule has 0 radical (unpaired) electrons. The van der Waals surface area contributed by atoms with E-state index in [-0.39, 0.29) is 17.6 Å². The van der Waals surface area contributed by atoms with Gasteiger partial charge in [-0.3, -0.25) is 9.48 Å². The minimum absolute atomic E-state index is 0.169. The van der Waals surface area contributed by atoms with Crippen molar-refractivity contribution in [3.8, 4) is 11.3 Å². The van der Waals surface area contributed by atoms with Crippen LogP contribution in [0.3, 0.4) is 0 Å². The number of aryl methyl sites for hydroxylation is 1. The van der Waals surface area contributed by atoms with E-state index in [4.69, 9.17) is 27.7 Å². The predicted octanol–water partition coefficient (Wildman–Crippen LogP) is 4.36. The van der Waals surface area contributed by atoms with E-state index in [0.29, 0.717) is 21.4 Å². The van der Waals surface area contributed by atoms with Crippen LogP contribution >= 0.6 is 23.2 Å². The Kier molecular flexibility index (Phi) is 5.11. The van der Waals surface area contributed by atoms with Gasteiger partial charge in [-0.25, -0.2) is 0 Å². The molecule has 0 aliphatic carbocycles. The maximum Gasteiger partial charge on any atom is 0.274 e. The van der Waals surface area contributed by atoms with Crippen LogP contribution in [0.5, 0.6) is 0 Å². The lowest BCUT2D eigenvalue weighted by Crippen LogP contribution is -2.27. The first-order chi connectivity index (χ1) is 12.0. The van der Waals surface area contributed by atoms with Crippen molar-refractivity contribution in [2.75, 3.05) is 0 Å². The molecule has 3 aromatic rings. The van der Waals surface area contributed by atoms with E-state index in [1.54, 1.807) is 28.9 Å². The molecular weight excluding hydrogens is 363 g/mol. The van der Waals surface area contributed by atoms with Gasteiger partial charge >= 0.3 is 0 Å². The summed E-state index contributed by atoms with van der Waals surface area (Å²) >= 11 is 12.0. The highest BCUT2D eigenvalue weighted by Crippen LogP contribution is 2.30. The molecule has 130 valence electrons. The second-order valence-corrected chi connectivity index (χ2v) is 6.34. The first-order valence-corrected chi connectivity index (χ1v) is 8.50. The summed E-state index contributed by atoms with van der Waals surface area (Å²) in [4.78, 5) is 12.4. The van der Waals surface area contributed by atoms with Crippen LogP contribution in [0.2, 0.25) is 10.0 Å². The number of hydrogen-bond acceptors (Lipinski definition) is 4. The Labute approximate surface area is 154 Å². The van der Waals surface area contributed by atoms with Gasteiger partial charge in [-0.2, -0.15) is 5.10 Å². The first-order valence-electron chi connectivity index (χ1n) is 7.74. The van der Waals surface area contributed by atoms with Crippen molar-refractivity contribution >= 4 is 29.1 Å². The zero-order chi connectivity index (χ0) is 18.0. The maximum atomic E-state index is 12.4. The molecule has 8 heteroatoms. The largest absolute Gasteiger partial charge is 0.355 e. The summed E-state index contributed by atoms with van der Waals surface area (Å²) in [6, 6.07) is 8.18. The lowest BCUT2D eigenvalue weighted by Gasteiger charge is -2.09. The molecule has 25 heavy (non-hydrogen) atoms. The second-order valence-electron chi connectivity index (χ2n) is 5.49. The lowest BCUT2D eigenvalue weighted by atomic mass is 10.1. The SMILES string of the molecule is CCn1ccc(C(C)NC(=O)c2cc(-c3ccc(Cl)cc3Cl)on2)n1. The number of benzene rings is 1. The van der Waals surface area contributed by atoms with Gasteiger partial charge in [0.05, 0.1) is 16.8 Å². The van der Waals surface area contributed by atoms with Crippen molar-refractivity contribution in [3.05, 3.63) is 58.0 Å². The topological polar surface area (TPSA) is 73.0 Å². The van der Waals surface area contributed by atoms with Gasteiger partial charge in [-0.1, -0.05) is 28.4 Å². The lowest BCUT2D eigenvalue weighted by molar-refractivity contribution is 0.0930. The molecule has 0 fully saturated rings. The zero-order valence-corrected chi connectivity index (χ0v) is 15.2. The molecule has 2 heterocycles. The van der Waals surface area contributed by atoms with E-state index in [1.807, 2.05) is 26.1 Å². The van der Waals surface area contributed by atoms with E-state index in [2.05, 4.69) is 15.6 Å². The van der Waals surface area contributed by atoms with Crippen LogP contribution in [0.1, 0.15) is 36.1 Å². The van der Waals surface area contributed by atoms with Crippen LogP contribution in [0.25, 0.3) is 11.3 Å². The fourth-order valence-electron chi connectivity index (χ4n) is 2.33. The number of hydrogen-bond donors (Lipinski definition) is 1. The third-order valence-corrected chi connectivity index (χ3v) is 4.26. The molecule has 1 N–H and O–H groups in total. The maximum absolute atomic E-state index is 12.4. The standard InChI is InChI=1S/C17H16Cl2N4O2/c1-3-23-7-6-14(21-23)10(2)20-17(24)15-9-16(25-22-15)12-5-4-11(18)8-13(12)19/h4-10H,3H2,1-2H3,(H,20,24). The summed E-state index contributed by atoms with van der Waals surface area (Å²) in [5, 5.41) is 12.0. The third-order valence-electron chi connectivity index (χ3n) is 3.72. The van der Waals surface area contributed by atoms with Crippen molar-refractivity contribution in [1.82, 2.24) is 20.3 Å². The van der Waals surface area contributed by atoms with E-state index >= 15 is 0 Å². The van der Waals surface area contributed by atoms with Gasteiger partial charge in [-0.05, 0) is 38.1 Å². The molecule has 1 atom stereocenters. The molecule has 0 saturated heterocycles. The van der Waals surface area contributed by atoms with Crippen LogP contribution in [0, 0.1) is 0 Å². The third kappa shape index (κ3) is 3.86. The average Bonchev–Trinajstić information content (AvgIpc) is 3.24. The summed E-state index contributed by atoms with van der Waals surface area (Å²) in [5.41, 5.74) is 1.56. The molecular formula is C17H16Cl2N4O2. The number of rotatable bonds is 5. The van der Waals surface area contributed by atoms with Gasteiger partial charge in [-0.15, -0.1) is 0 Å². The highest BCUT2D eigenvalue weighted by atomic mass is 35.5. The van der Waals surface area contributed by atoms with Crippen LogP contribution in [0.15, 0.2) is 41.1 Å². The molecule has 0 saturated carbocycles. The van der Waals surface area contributed by atoms with Gasteiger partial charge in [0, 0.05) is 29.4 Å². The monoisotopic (exact) mass is 378 g/mol. The Bertz CT molecular complexity index is 904. The first kappa shape index (κ1) is 17.5. The Hall–Kier alpha value is -2.31. The molecule has 1 amide bonds. The van der Waals surface area contributed by atoms with Gasteiger partial charge < -0.3 is 9.84 Å². The van der Waals surface area contributed by atoms with Gasteiger partial charge in [0.25, 0.3) is 5.91 Å². The minimum Gasteiger partial charge on any atom is -0.355 e. The summed E-state index contributed by atoms with van der Waals surface area (Å²) in [6.07, 6.45) is 1.87. The van der Waals surface area contributed by atoms with E-state index < -0.39 is 0 Å². The summed E-state index contributed by atoms with van der Waals surface area (Å²) < 4.78 is 7.04. The molecule has 0 bridgehead atoms. The highest BCUT2D eigenvalue weighted by molar-refractivity contribution is 6.36. The van der Waals surface area contributed by atoms with Crippen molar-refractivity contribution in [3.63, 3.8) is 0 Å². The molecule has 6 nitrogen and oxygen atoms in total. The van der Waals surface area contributed by atoms with E-state index in [0.717, 1.165) is 12.2 Å². The quantitative estimate of drug-likeness (QED) is 0.715. The number of nitrogens with zero attached hydrogens (tertiary/aromatic N) is 3. The number of aromatic nitrogens is 3. The number of nitrogens with one attached hydrogen (secondary N) is 1. The number of carbonyl (C=O) groups excluding carboxylic acids is 1. The number of amides is 1. The molecule has 3 rings (SSSR count). The summed E-state index contributed by atoms with van der Waals surface area (Å²) in [7, 11) is 0. The van der Waals surface area contributed by atoms with Gasteiger partial charge in [0.1, 0.15) is 0 Å². The van der Waals surface area contributed by atoms with Crippen LogP contribution in [-0.4, -0.2) is 20.8 Å². The number of halogens is 2. The smallest absolute Gasteiger partial charge is 0.274 e. The van der Waals surface area contributed by atoms with Crippen LogP contribution in [-0.2, 0) is 6.54 Å². The highest BCUT2D eigenvalue weighted by Gasteiger charge is 2.18. The summed E-state index contributed by atoms with van der Waals surface area (Å²) in [5.74, 6) is 0.0494. The molecule has 0 spiro atoms. The van der Waals surface area contributed by atoms with Crippen LogP contribution < -0.4 is 5.32 Å². The molecule has 0 aliphatic heterocycles. The van der Waals surface area contributed by atoms with Gasteiger partial charge in [0.15, 0.2) is 11.5 Å². The average molecular weight is 379 g/mol. The molecule has 0 aliphatic rings. The number of carbonyl (C=O) groups is 1. The zero-order valence-electron chi connectivity index (χ0n) is 13.7. The van der Waals surface area contributed by atoms with Crippen molar-refractivity contribution in [1.29, 1.82) is 0 Å². The fourth-order valence-corrected chi connectivity index (χ4v) is 2.83. The molecule has 1 unspecified atom stereocenters. The Balaban J connectivity index is 1.74. The van der Waals surface area contributed by atoms with Crippen molar-refractivity contribution in [2.45, 2.75) is 26.4 Å². The minimum atomic E-state index is -0.348. The Morgan fingerprint density at radius 2 is 2.12 bits per heavy atom. The van der Waals surface area contributed by atoms with Crippen molar-refractivity contribution in [2.24, 2.45) is 0 Å². The normalized spacial score (nSPS) is 12.2. The fraction of sp³-hybridized carbons (Fsp3) is 0.235. The van der Waals surface area contributed by atoms with Crippen LogP contribution in [0.4, 0.5) is 0 Å². The molecule has 1 aromatic carbocycles. The molecule has 2 aromatic heterocycles.